The molecule has 334 valence electrons. The van der Waals surface area contributed by atoms with Crippen LogP contribution in [-0.4, -0.2) is 138 Å². The molecule has 0 spiro atoms. The Bertz CT molecular complexity index is 1950. The van der Waals surface area contributed by atoms with Crippen LogP contribution in [0, 0.1) is 17.6 Å². The Hall–Kier alpha value is -4.85. The van der Waals surface area contributed by atoms with Gasteiger partial charge in [0.05, 0.1) is 23.6 Å². The van der Waals surface area contributed by atoms with E-state index >= 15 is 4.39 Å². The largest absolute Gasteiger partial charge is 0.493 e. The molecule has 5 heterocycles. The minimum Gasteiger partial charge on any atom is -0.493 e. The highest BCUT2D eigenvalue weighted by atomic mass is 32.2. The van der Waals surface area contributed by atoms with E-state index in [0.29, 0.717) is 76.9 Å². The van der Waals surface area contributed by atoms with Gasteiger partial charge in [-0.05, 0) is 82.2 Å². The molecule has 2 aromatic carbocycles. The van der Waals surface area contributed by atoms with Crippen molar-refractivity contribution in [2.45, 2.75) is 87.4 Å². The molecule has 3 aromatic rings. The number of benzene rings is 2. The minimum atomic E-state index is -0.616. The minimum absolute atomic E-state index is 0.0312. The third kappa shape index (κ3) is 13.3. The standard InChI is InChI=1S/C40H53F2N7O5S.2CH2O2/c1-2-3-34(39(51)43-25-50)44-27-4-5-36(32(41)18-27)48-12-6-28(7-13-48)49-21-29(22-49)47-14-8-31(9-15-47)55-24-37-45-35-20-30(19-33(42)38(35)40(52)46-37)54-23-26-10-16-53-17-11-26;2*2-1-3/h4-5,18-20,25-26,28-29,31,34,44H,2-3,6-17,21-24H2,1H3,(H,43,50,51)(H,45,46,52);2*1H,(H,2,3). The molecule has 19 heteroatoms. The number of carbonyl (C=O) groups excluding carboxylic acids is 2. The average Bonchev–Trinajstić information content (AvgIpc) is 3.23. The SMILES string of the molecule is CCCC(Nc1ccc(N2CCC(N3CC(N4CCC(SCc5nc6cc(OCC7CCOCC7)cc(F)c6c(=O)[nH]5)CC4)C3)CC2)c(F)c1)C(=O)NC=O.O=CO.O=CO. The summed E-state index contributed by atoms with van der Waals surface area (Å²) in [4.78, 5) is 67.2. The van der Waals surface area contributed by atoms with Gasteiger partial charge in [0.1, 0.15) is 34.6 Å². The predicted molar refractivity (Wildman–Crippen MR) is 228 cm³/mol. The number of H-pyrrole nitrogens is 1. The number of likely N-dealkylation sites (tertiary alicyclic amines) is 2. The van der Waals surface area contributed by atoms with Crippen molar-refractivity contribution in [2.24, 2.45) is 5.92 Å². The Morgan fingerprint density at radius 3 is 2.30 bits per heavy atom. The van der Waals surface area contributed by atoms with Crippen molar-refractivity contribution in [3.05, 3.63) is 58.1 Å². The van der Waals surface area contributed by atoms with Crippen LogP contribution in [0.3, 0.4) is 0 Å². The first-order chi connectivity index (χ1) is 29.6. The first-order valence-electron chi connectivity index (χ1n) is 20.8. The molecular formula is C42H57F2N7O9S. The summed E-state index contributed by atoms with van der Waals surface area (Å²) in [6.07, 6.45) is 7.59. The first-order valence-corrected chi connectivity index (χ1v) is 21.9. The Morgan fingerprint density at radius 1 is 0.967 bits per heavy atom. The van der Waals surface area contributed by atoms with E-state index in [2.05, 4.69) is 35.3 Å². The van der Waals surface area contributed by atoms with E-state index in [-0.39, 0.29) is 24.1 Å². The number of aromatic nitrogens is 2. The second kappa shape index (κ2) is 24.0. The number of fused-ring (bicyclic) bond motifs is 1. The second-order valence-electron chi connectivity index (χ2n) is 15.5. The number of thioether (sulfide) groups is 1. The van der Waals surface area contributed by atoms with Gasteiger partial charge in [-0.25, -0.2) is 13.8 Å². The zero-order valence-electron chi connectivity index (χ0n) is 34.4. The van der Waals surface area contributed by atoms with Crippen LogP contribution in [0.1, 0.15) is 64.1 Å². The zero-order chi connectivity index (χ0) is 43.7. The summed E-state index contributed by atoms with van der Waals surface area (Å²) in [6, 6.07) is 8.42. The Labute approximate surface area is 357 Å². The highest BCUT2D eigenvalue weighted by molar-refractivity contribution is 7.99. The van der Waals surface area contributed by atoms with Gasteiger partial charge in [-0.15, -0.1) is 0 Å². The molecule has 1 unspecified atom stereocenters. The number of anilines is 2. The quantitative estimate of drug-likeness (QED) is 0.135. The number of rotatable bonds is 15. The molecule has 0 saturated carbocycles. The van der Waals surface area contributed by atoms with E-state index in [0.717, 1.165) is 97.4 Å². The monoisotopic (exact) mass is 873 g/mol. The fourth-order valence-corrected chi connectivity index (χ4v) is 9.46. The molecule has 16 nitrogen and oxygen atoms in total. The number of halogens is 2. The Morgan fingerprint density at radius 2 is 1.66 bits per heavy atom. The molecule has 0 aliphatic carbocycles. The maximum atomic E-state index is 15.3. The topological polar surface area (TPSA) is 207 Å². The number of aromatic amines is 1. The van der Waals surface area contributed by atoms with Crippen molar-refractivity contribution < 1.29 is 47.6 Å². The molecular weight excluding hydrogens is 817 g/mol. The van der Waals surface area contributed by atoms with Crippen molar-refractivity contribution in [3.8, 4) is 5.75 Å². The molecule has 1 atom stereocenters. The van der Waals surface area contributed by atoms with E-state index in [1.807, 2.05) is 6.92 Å². The van der Waals surface area contributed by atoms with Crippen LogP contribution in [0.4, 0.5) is 20.2 Å². The third-order valence-corrected chi connectivity index (χ3v) is 13.0. The van der Waals surface area contributed by atoms with Gasteiger partial charge in [-0.1, -0.05) is 13.3 Å². The average molecular weight is 874 g/mol. The van der Waals surface area contributed by atoms with Gasteiger partial charge in [0.15, 0.2) is 0 Å². The van der Waals surface area contributed by atoms with E-state index in [1.165, 1.54) is 12.1 Å². The number of hydrogen-bond donors (Lipinski definition) is 5. The molecule has 7 rings (SSSR count). The normalized spacial score (nSPS) is 18.7. The highest BCUT2D eigenvalue weighted by Gasteiger charge is 2.38. The number of ether oxygens (including phenoxy) is 2. The summed E-state index contributed by atoms with van der Waals surface area (Å²) in [5.74, 6) is 0.530. The molecule has 0 bridgehead atoms. The Kier molecular flexibility index (Phi) is 18.5. The third-order valence-electron chi connectivity index (χ3n) is 11.7. The number of carbonyl (C=O) groups is 4. The lowest BCUT2D eigenvalue weighted by atomic mass is 9.95. The van der Waals surface area contributed by atoms with Crippen LogP contribution in [0.2, 0.25) is 0 Å². The number of amides is 2. The fraction of sp³-hybridized carbons (Fsp3) is 0.571. The number of piperidine rings is 2. The van der Waals surface area contributed by atoms with Crippen LogP contribution in [-0.2, 0) is 29.7 Å². The van der Waals surface area contributed by atoms with Gasteiger partial charge in [-0.3, -0.25) is 39.1 Å². The molecule has 5 N–H and O–H groups in total. The zero-order valence-corrected chi connectivity index (χ0v) is 35.3. The molecule has 4 saturated heterocycles. The van der Waals surface area contributed by atoms with Gasteiger partial charge in [0.25, 0.3) is 18.5 Å². The molecule has 0 radical (unpaired) electrons. The maximum absolute atomic E-state index is 15.3. The summed E-state index contributed by atoms with van der Waals surface area (Å²) < 4.78 is 41.5. The van der Waals surface area contributed by atoms with Gasteiger partial charge < -0.3 is 34.9 Å². The molecule has 4 fully saturated rings. The number of imide groups is 1. The van der Waals surface area contributed by atoms with Crippen LogP contribution >= 0.6 is 11.8 Å². The van der Waals surface area contributed by atoms with Gasteiger partial charge in [-0.2, -0.15) is 11.8 Å². The first kappa shape index (κ1) is 47.2. The van der Waals surface area contributed by atoms with Gasteiger partial charge >= 0.3 is 0 Å². The van der Waals surface area contributed by atoms with Gasteiger partial charge in [0.2, 0.25) is 12.3 Å². The van der Waals surface area contributed by atoms with E-state index < -0.39 is 23.3 Å². The number of nitrogens with one attached hydrogen (secondary N) is 3. The molecule has 2 amide bonds. The second-order valence-corrected chi connectivity index (χ2v) is 16.8. The fourth-order valence-electron chi connectivity index (χ4n) is 8.39. The van der Waals surface area contributed by atoms with Gasteiger partial charge in [0, 0.05) is 74.5 Å². The summed E-state index contributed by atoms with van der Waals surface area (Å²) >= 11 is 1.81. The lowest BCUT2D eigenvalue weighted by molar-refractivity contribution is -0.126. The summed E-state index contributed by atoms with van der Waals surface area (Å²) in [5, 5.41) is 19.5. The summed E-state index contributed by atoms with van der Waals surface area (Å²) in [5.41, 5.74) is 0.961. The lowest BCUT2D eigenvalue weighted by Gasteiger charge is -2.52. The van der Waals surface area contributed by atoms with Crippen LogP contribution < -0.4 is 25.8 Å². The van der Waals surface area contributed by atoms with Crippen LogP contribution in [0.5, 0.6) is 5.75 Å². The van der Waals surface area contributed by atoms with E-state index in [1.54, 1.807) is 30.0 Å². The molecule has 4 aliphatic heterocycles. The summed E-state index contributed by atoms with van der Waals surface area (Å²) in [6.45, 7) is 9.17. The van der Waals surface area contributed by atoms with Crippen molar-refractivity contribution in [1.29, 1.82) is 0 Å². The van der Waals surface area contributed by atoms with Crippen molar-refractivity contribution in [2.75, 3.05) is 69.3 Å². The van der Waals surface area contributed by atoms with E-state index in [9.17, 15) is 18.8 Å². The molecule has 4 aliphatic rings. The maximum Gasteiger partial charge on any atom is 0.290 e. The Balaban J connectivity index is 0.00000111. The predicted octanol–water partition coefficient (Wildman–Crippen LogP) is 4.31. The van der Waals surface area contributed by atoms with Crippen molar-refractivity contribution in [1.82, 2.24) is 25.1 Å². The smallest absolute Gasteiger partial charge is 0.290 e. The van der Waals surface area contributed by atoms with Crippen LogP contribution in [0.15, 0.2) is 35.1 Å². The summed E-state index contributed by atoms with van der Waals surface area (Å²) in [7, 11) is 0. The molecule has 1 aromatic heterocycles. The highest BCUT2D eigenvalue weighted by Crippen LogP contribution is 2.33. The van der Waals surface area contributed by atoms with Crippen molar-refractivity contribution >= 4 is 59.3 Å². The number of carboxylic acid groups (broad SMARTS) is 2. The van der Waals surface area contributed by atoms with E-state index in [4.69, 9.17) is 29.3 Å². The van der Waals surface area contributed by atoms with Crippen LogP contribution in [0.25, 0.3) is 10.9 Å². The number of hydrogen-bond acceptors (Lipinski definition) is 13. The molecule has 61 heavy (non-hydrogen) atoms. The van der Waals surface area contributed by atoms with Crippen molar-refractivity contribution in [3.63, 3.8) is 0 Å². The number of nitrogens with zero attached hydrogens (tertiary/aromatic N) is 4. The lowest BCUT2D eigenvalue weighted by Crippen LogP contribution is -2.64.